The maximum absolute atomic E-state index is 11.6. The molecule has 1 N–H and O–H groups in total. The Balaban J connectivity index is 1.96. The van der Waals surface area contributed by atoms with E-state index in [0.29, 0.717) is 0 Å². The average Bonchev–Trinajstić information content (AvgIpc) is 2.87. The summed E-state index contributed by atoms with van der Waals surface area (Å²) >= 11 is 1.58. The SMILES string of the molecule is C/C=C/C=C/C(=O)Nc1ccc(Sc2nccn2C)cc1. The maximum atomic E-state index is 11.6. The number of amides is 1. The van der Waals surface area contributed by atoms with Gasteiger partial charge in [0.1, 0.15) is 0 Å². The fraction of sp³-hybridized carbons (Fsp3) is 0.125. The molecular weight excluding hydrogens is 282 g/mol. The highest BCUT2D eigenvalue weighted by molar-refractivity contribution is 7.99. The molecule has 0 radical (unpaired) electrons. The third-order valence-electron chi connectivity index (χ3n) is 2.66. The van der Waals surface area contributed by atoms with Crippen molar-refractivity contribution in [3.05, 3.63) is 61.0 Å². The van der Waals surface area contributed by atoms with Crippen molar-refractivity contribution in [3.63, 3.8) is 0 Å². The summed E-state index contributed by atoms with van der Waals surface area (Å²) in [5.41, 5.74) is 0.773. The zero-order valence-electron chi connectivity index (χ0n) is 12.0. The van der Waals surface area contributed by atoms with E-state index in [0.717, 1.165) is 15.7 Å². The van der Waals surface area contributed by atoms with Crippen LogP contribution in [0.3, 0.4) is 0 Å². The minimum atomic E-state index is -0.141. The molecule has 0 bridgehead atoms. The number of aromatic nitrogens is 2. The molecule has 0 saturated carbocycles. The van der Waals surface area contributed by atoms with Crippen LogP contribution >= 0.6 is 11.8 Å². The summed E-state index contributed by atoms with van der Waals surface area (Å²) in [6.07, 6.45) is 10.6. The molecule has 21 heavy (non-hydrogen) atoms. The molecule has 0 saturated heterocycles. The number of aryl methyl sites for hydroxylation is 1. The van der Waals surface area contributed by atoms with Crippen molar-refractivity contribution in [1.29, 1.82) is 0 Å². The topological polar surface area (TPSA) is 46.9 Å². The monoisotopic (exact) mass is 299 g/mol. The van der Waals surface area contributed by atoms with E-state index in [1.807, 2.05) is 61.2 Å². The van der Waals surface area contributed by atoms with Crippen LogP contribution in [0.2, 0.25) is 0 Å². The van der Waals surface area contributed by atoms with Gasteiger partial charge in [0.25, 0.3) is 0 Å². The van der Waals surface area contributed by atoms with Gasteiger partial charge in [-0.25, -0.2) is 4.98 Å². The Morgan fingerprint density at radius 3 is 2.67 bits per heavy atom. The summed E-state index contributed by atoms with van der Waals surface area (Å²) in [6.45, 7) is 1.90. The predicted octanol–water partition coefficient (Wildman–Crippen LogP) is 3.64. The molecule has 0 aliphatic heterocycles. The summed E-state index contributed by atoms with van der Waals surface area (Å²) < 4.78 is 1.96. The summed E-state index contributed by atoms with van der Waals surface area (Å²) in [6, 6.07) is 7.69. The number of rotatable bonds is 5. The quantitative estimate of drug-likeness (QED) is 0.677. The number of anilines is 1. The van der Waals surface area contributed by atoms with Crippen LogP contribution in [-0.2, 0) is 11.8 Å². The fourth-order valence-electron chi connectivity index (χ4n) is 1.60. The van der Waals surface area contributed by atoms with Gasteiger partial charge in [0, 0.05) is 36.1 Å². The van der Waals surface area contributed by atoms with Crippen LogP contribution in [0.25, 0.3) is 0 Å². The Morgan fingerprint density at radius 1 is 1.29 bits per heavy atom. The third kappa shape index (κ3) is 4.65. The van der Waals surface area contributed by atoms with E-state index >= 15 is 0 Å². The van der Waals surface area contributed by atoms with E-state index in [2.05, 4.69) is 10.3 Å². The molecule has 1 amide bonds. The fourth-order valence-corrected chi connectivity index (χ4v) is 2.40. The lowest BCUT2D eigenvalue weighted by molar-refractivity contribution is -0.111. The Labute approximate surface area is 128 Å². The first kappa shape index (κ1) is 15.1. The molecule has 108 valence electrons. The minimum absolute atomic E-state index is 0.141. The lowest BCUT2D eigenvalue weighted by Crippen LogP contribution is -2.07. The van der Waals surface area contributed by atoms with Crippen molar-refractivity contribution in [2.24, 2.45) is 7.05 Å². The van der Waals surface area contributed by atoms with Gasteiger partial charge in [-0.15, -0.1) is 0 Å². The first-order valence-electron chi connectivity index (χ1n) is 6.54. The highest BCUT2D eigenvalue weighted by atomic mass is 32.2. The van der Waals surface area contributed by atoms with E-state index in [1.165, 1.54) is 6.08 Å². The van der Waals surface area contributed by atoms with Crippen molar-refractivity contribution >= 4 is 23.4 Å². The van der Waals surface area contributed by atoms with E-state index < -0.39 is 0 Å². The molecule has 0 aliphatic rings. The first-order chi connectivity index (χ1) is 10.2. The summed E-state index contributed by atoms with van der Waals surface area (Å²) in [5.74, 6) is -0.141. The zero-order chi connectivity index (χ0) is 15.1. The molecule has 4 nitrogen and oxygen atoms in total. The molecule has 0 fully saturated rings. The van der Waals surface area contributed by atoms with Gasteiger partial charge >= 0.3 is 0 Å². The molecule has 0 atom stereocenters. The number of allylic oxidation sites excluding steroid dienone is 3. The standard InChI is InChI=1S/C16H17N3OS/c1-3-4-5-6-15(20)18-13-7-9-14(10-8-13)21-16-17-11-12-19(16)2/h3-12H,1-2H3,(H,18,20)/b4-3+,6-5+. The largest absolute Gasteiger partial charge is 0.329 e. The van der Waals surface area contributed by atoms with E-state index in [-0.39, 0.29) is 5.91 Å². The molecule has 0 aliphatic carbocycles. The second-order valence-corrected chi connectivity index (χ2v) is 5.36. The normalized spacial score (nSPS) is 11.3. The molecule has 2 aromatic rings. The average molecular weight is 299 g/mol. The molecule has 5 heteroatoms. The van der Waals surface area contributed by atoms with Crippen molar-refractivity contribution in [2.45, 2.75) is 17.0 Å². The predicted molar refractivity (Wildman–Crippen MR) is 86.4 cm³/mol. The van der Waals surface area contributed by atoms with E-state index in [9.17, 15) is 4.79 Å². The Kier molecular flexibility index (Phi) is 5.40. The molecular formula is C16H17N3OS. The van der Waals surface area contributed by atoms with Gasteiger partial charge in [0.15, 0.2) is 5.16 Å². The van der Waals surface area contributed by atoms with Crippen molar-refractivity contribution < 1.29 is 4.79 Å². The van der Waals surface area contributed by atoms with E-state index in [4.69, 9.17) is 0 Å². The van der Waals surface area contributed by atoms with Gasteiger partial charge in [-0.3, -0.25) is 4.79 Å². The number of hydrogen-bond acceptors (Lipinski definition) is 3. The minimum Gasteiger partial charge on any atom is -0.329 e. The van der Waals surface area contributed by atoms with Gasteiger partial charge < -0.3 is 9.88 Å². The van der Waals surface area contributed by atoms with Crippen LogP contribution in [-0.4, -0.2) is 15.5 Å². The van der Waals surface area contributed by atoms with Crippen LogP contribution in [0.4, 0.5) is 5.69 Å². The smallest absolute Gasteiger partial charge is 0.248 e. The molecule has 1 aromatic carbocycles. The number of nitrogens with zero attached hydrogens (tertiary/aromatic N) is 2. The summed E-state index contributed by atoms with van der Waals surface area (Å²) in [4.78, 5) is 17.0. The summed E-state index contributed by atoms with van der Waals surface area (Å²) in [5, 5.41) is 3.74. The van der Waals surface area contributed by atoms with Crippen LogP contribution in [0, 0.1) is 0 Å². The maximum Gasteiger partial charge on any atom is 0.248 e. The van der Waals surface area contributed by atoms with Gasteiger partial charge in [-0.05, 0) is 31.2 Å². The van der Waals surface area contributed by atoms with Crippen molar-refractivity contribution in [2.75, 3.05) is 5.32 Å². The number of carbonyl (C=O) groups is 1. The Morgan fingerprint density at radius 2 is 2.05 bits per heavy atom. The molecule has 0 unspecified atom stereocenters. The Bertz CT molecular complexity index is 656. The van der Waals surface area contributed by atoms with Gasteiger partial charge in [0.2, 0.25) is 5.91 Å². The van der Waals surface area contributed by atoms with Crippen LogP contribution in [0.15, 0.2) is 71.0 Å². The lowest BCUT2D eigenvalue weighted by Gasteiger charge is -2.04. The number of hydrogen-bond donors (Lipinski definition) is 1. The molecule has 1 aromatic heterocycles. The van der Waals surface area contributed by atoms with Crippen molar-refractivity contribution in [1.82, 2.24) is 9.55 Å². The molecule has 0 spiro atoms. The van der Waals surface area contributed by atoms with Gasteiger partial charge in [-0.1, -0.05) is 30.0 Å². The van der Waals surface area contributed by atoms with Gasteiger partial charge in [0.05, 0.1) is 0 Å². The van der Waals surface area contributed by atoms with Crippen molar-refractivity contribution in [3.8, 4) is 0 Å². The second kappa shape index (κ2) is 7.50. The number of benzene rings is 1. The van der Waals surface area contributed by atoms with Gasteiger partial charge in [-0.2, -0.15) is 0 Å². The third-order valence-corrected chi connectivity index (χ3v) is 3.74. The van der Waals surface area contributed by atoms with Crippen LogP contribution in [0.5, 0.6) is 0 Å². The highest BCUT2D eigenvalue weighted by Gasteiger charge is 2.03. The summed E-state index contributed by atoms with van der Waals surface area (Å²) in [7, 11) is 1.96. The lowest BCUT2D eigenvalue weighted by atomic mass is 10.3. The number of carbonyl (C=O) groups excluding carboxylic acids is 1. The molecule has 2 rings (SSSR count). The Hall–Kier alpha value is -2.27. The van der Waals surface area contributed by atoms with E-state index in [1.54, 1.807) is 24.0 Å². The number of nitrogens with one attached hydrogen (secondary N) is 1. The first-order valence-corrected chi connectivity index (χ1v) is 7.36. The molecule has 1 heterocycles. The number of imidazole rings is 1. The van der Waals surface area contributed by atoms with Crippen LogP contribution < -0.4 is 5.32 Å². The van der Waals surface area contributed by atoms with Crippen LogP contribution in [0.1, 0.15) is 6.92 Å². The second-order valence-electron chi connectivity index (χ2n) is 4.32. The highest BCUT2D eigenvalue weighted by Crippen LogP contribution is 2.26. The zero-order valence-corrected chi connectivity index (χ0v) is 12.8.